The fourth-order valence-corrected chi connectivity index (χ4v) is 3.09. The molecular weight excluding hydrogens is 360 g/mol. The zero-order valence-corrected chi connectivity index (χ0v) is 17.7. The number of aromatic hydroxyl groups is 1. The Morgan fingerprint density at radius 2 is 1.66 bits per heavy atom. The third kappa shape index (κ3) is 5.05. The summed E-state index contributed by atoms with van der Waals surface area (Å²) < 4.78 is 5.85. The topological polar surface area (TPSA) is 46.5 Å². The Bertz CT molecular complexity index is 997. The average Bonchev–Trinajstić information content (AvgIpc) is 2.64. The Morgan fingerprint density at radius 3 is 2.31 bits per heavy atom. The Morgan fingerprint density at radius 1 is 1.00 bits per heavy atom. The van der Waals surface area contributed by atoms with Gasteiger partial charge in [-0.1, -0.05) is 51.1 Å². The number of benzene rings is 2. The van der Waals surface area contributed by atoms with Crippen LogP contribution in [0.25, 0.3) is 18.2 Å². The van der Waals surface area contributed by atoms with E-state index in [-0.39, 0.29) is 16.9 Å². The quantitative estimate of drug-likeness (QED) is 0.637. The van der Waals surface area contributed by atoms with E-state index in [2.05, 4.69) is 32.9 Å². The summed E-state index contributed by atoms with van der Waals surface area (Å²) in [5.41, 5.74) is 3.14. The Kier molecular flexibility index (Phi) is 5.52. The van der Waals surface area contributed by atoms with Crippen LogP contribution in [-0.4, -0.2) is 16.5 Å². The highest BCUT2D eigenvalue weighted by atomic mass is 16.5. The Hall–Kier alpha value is -3.07. The lowest BCUT2D eigenvalue weighted by Gasteiger charge is -2.28. The van der Waals surface area contributed by atoms with Gasteiger partial charge in [-0.3, -0.25) is 4.79 Å². The molecule has 0 aromatic heterocycles. The second-order valence-electron chi connectivity index (χ2n) is 8.90. The minimum atomic E-state index is -0.400. The summed E-state index contributed by atoms with van der Waals surface area (Å²) in [7, 11) is 0. The molecule has 2 aromatic rings. The molecule has 0 bridgehead atoms. The molecule has 0 fully saturated rings. The van der Waals surface area contributed by atoms with Crippen molar-refractivity contribution in [2.45, 2.75) is 45.6 Å². The number of carbonyl (C=O) groups excluding carboxylic acids is 1. The fraction of sp³-hybridized carbons (Fsp3) is 0.269. The van der Waals surface area contributed by atoms with E-state index in [4.69, 9.17) is 4.74 Å². The number of ether oxygens (including phenoxy) is 1. The van der Waals surface area contributed by atoms with E-state index < -0.39 is 5.60 Å². The molecule has 0 amide bonds. The standard InChI is InChI=1S/C26H28O3/c1-25(2,3)20-11-6-18(7-12-20)8-13-21(27)14-9-19-10-15-23-22(24(19)28)16-17-26(4,5)29-23/h6-17,28H,1-5H3. The van der Waals surface area contributed by atoms with Gasteiger partial charge in [-0.2, -0.15) is 0 Å². The first kappa shape index (κ1) is 20.7. The third-order valence-corrected chi connectivity index (χ3v) is 4.88. The normalized spacial score (nSPS) is 15.5. The number of ketones is 1. The molecule has 1 heterocycles. The van der Waals surface area contributed by atoms with Crippen molar-refractivity contribution in [1.29, 1.82) is 0 Å². The summed E-state index contributed by atoms with van der Waals surface area (Å²) in [5.74, 6) is 0.604. The number of hydrogen-bond donors (Lipinski definition) is 1. The minimum Gasteiger partial charge on any atom is -0.507 e. The van der Waals surface area contributed by atoms with Gasteiger partial charge in [0.05, 0.1) is 5.56 Å². The van der Waals surface area contributed by atoms with Gasteiger partial charge in [0.2, 0.25) is 0 Å². The Balaban J connectivity index is 1.70. The van der Waals surface area contributed by atoms with Crippen LogP contribution < -0.4 is 4.74 Å². The van der Waals surface area contributed by atoms with E-state index in [1.165, 1.54) is 17.7 Å². The summed E-state index contributed by atoms with van der Waals surface area (Å²) in [6.07, 6.45) is 10.2. The van der Waals surface area contributed by atoms with Crippen molar-refractivity contribution in [3.8, 4) is 11.5 Å². The number of phenols is 1. The van der Waals surface area contributed by atoms with Crippen molar-refractivity contribution in [2.75, 3.05) is 0 Å². The van der Waals surface area contributed by atoms with Gasteiger partial charge in [-0.15, -0.1) is 0 Å². The van der Waals surface area contributed by atoms with E-state index in [0.29, 0.717) is 16.9 Å². The zero-order chi connectivity index (χ0) is 21.2. The first-order valence-electron chi connectivity index (χ1n) is 9.80. The fourth-order valence-electron chi connectivity index (χ4n) is 3.09. The lowest BCUT2D eigenvalue weighted by molar-refractivity contribution is -0.110. The first-order valence-corrected chi connectivity index (χ1v) is 9.80. The molecule has 1 N–H and O–H groups in total. The SMILES string of the molecule is CC1(C)C=Cc2c(ccc(C=CC(=O)C=Cc3ccc(C(C)(C)C)cc3)c2O)O1. The van der Waals surface area contributed by atoms with Gasteiger partial charge in [-0.05, 0) is 72.9 Å². The summed E-state index contributed by atoms with van der Waals surface area (Å²) in [6.45, 7) is 10.4. The highest BCUT2D eigenvalue weighted by Gasteiger charge is 2.23. The van der Waals surface area contributed by atoms with E-state index in [9.17, 15) is 9.90 Å². The maximum atomic E-state index is 12.2. The van der Waals surface area contributed by atoms with Gasteiger partial charge in [-0.25, -0.2) is 0 Å². The molecule has 0 unspecified atom stereocenters. The van der Waals surface area contributed by atoms with Gasteiger partial charge in [0.15, 0.2) is 5.78 Å². The van der Waals surface area contributed by atoms with Crippen LogP contribution in [0.1, 0.15) is 56.9 Å². The minimum absolute atomic E-state index is 0.105. The molecule has 3 rings (SSSR count). The van der Waals surface area contributed by atoms with Crippen LogP contribution in [0.15, 0.2) is 54.6 Å². The largest absolute Gasteiger partial charge is 0.507 e. The third-order valence-electron chi connectivity index (χ3n) is 4.88. The molecule has 2 aromatic carbocycles. The molecule has 0 aliphatic carbocycles. The van der Waals surface area contributed by atoms with Gasteiger partial charge in [0.1, 0.15) is 17.1 Å². The smallest absolute Gasteiger partial charge is 0.178 e. The predicted molar refractivity (Wildman–Crippen MR) is 120 cm³/mol. The lowest BCUT2D eigenvalue weighted by Crippen LogP contribution is -2.27. The summed E-state index contributed by atoms with van der Waals surface area (Å²) in [6, 6.07) is 11.8. The van der Waals surface area contributed by atoms with Crippen LogP contribution in [0.2, 0.25) is 0 Å². The highest BCUT2D eigenvalue weighted by Crippen LogP contribution is 2.38. The van der Waals surface area contributed by atoms with Crippen LogP contribution in [0.5, 0.6) is 11.5 Å². The number of fused-ring (bicyclic) bond motifs is 1. The summed E-state index contributed by atoms with van der Waals surface area (Å²) in [4.78, 5) is 12.2. The van der Waals surface area contributed by atoms with E-state index in [1.807, 2.05) is 44.2 Å². The molecule has 3 nitrogen and oxygen atoms in total. The van der Waals surface area contributed by atoms with E-state index in [1.54, 1.807) is 18.2 Å². The van der Waals surface area contributed by atoms with Crippen LogP contribution in [0.3, 0.4) is 0 Å². The number of rotatable bonds is 4. The monoisotopic (exact) mass is 388 g/mol. The number of allylic oxidation sites excluding steroid dienone is 2. The molecular formula is C26H28O3. The summed E-state index contributed by atoms with van der Waals surface area (Å²) >= 11 is 0. The van der Waals surface area contributed by atoms with Gasteiger partial charge >= 0.3 is 0 Å². The van der Waals surface area contributed by atoms with E-state index in [0.717, 1.165) is 5.56 Å². The second-order valence-corrected chi connectivity index (χ2v) is 8.90. The van der Waals surface area contributed by atoms with Crippen LogP contribution in [0.4, 0.5) is 0 Å². The van der Waals surface area contributed by atoms with Crippen molar-refractivity contribution >= 4 is 24.0 Å². The van der Waals surface area contributed by atoms with Crippen molar-refractivity contribution < 1.29 is 14.6 Å². The van der Waals surface area contributed by atoms with Crippen molar-refractivity contribution in [1.82, 2.24) is 0 Å². The summed E-state index contributed by atoms with van der Waals surface area (Å²) in [5, 5.41) is 10.5. The molecule has 0 saturated heterocycles. The van der Waals surface area contributed by atoms with Crippen LogP contribution in [0, 0.1) is 0 Å². The number of hydrogen-bond acceptors (Lipinski definition) is 3. The second kappa shape index (κ2) is 7.75. The van der Waals surface area contributed by atoms with Crippen molar-refractivity contribution in [2.24, 2.45) is 0 Å². The van der Waals surface area contributed by atoms with E-state index >= 15 is 0 Å². The predicted octanol–water partition coefficient (Wildman–Crippen LogP) is 6.17. The van der Waals surface area contributed by atoms with Gasteiger partial charge in [0.25, 0.3) is 0 Å². The van der Waals surface area contributed by atoms with Crippen molar-refractivity contribution in [3.63, 3.8) is 0 Å². The molecule has 1 aliphatic heterocycles. The molecule has 29 heavy (non-hydrogen) atoms. The lowest BCUT2D eigenvalue weighted by atomic mass is 9.87. The zero-order valence-electron chi connectivity index (χ0n) is 17.7. The molecule has 1 aliphatic rings. The average molecular weight is 389 g/mol. The van der Waals surface area contributed by atoms with Gasteiger partial charge < -0.3 is 9.84 Å². The molecule has 0 spiro atoms. The molecule has 3 heteroatoms. The maximum Gasteiger partial charge on any atom is 0.178 e. The van der Waals surface area contributed by atoms with Crippen LogP contribution >= 0.6 is 0 Å². The van der Waals surface area contributed by atoms with Gasteiger partial charge in [0, 0.05) is 5.56 Å². The molecule has 0 atom stereocenters. The molecule has 150 valence electrons. The number of carbonyl (C=O) groups is 1. The number of phenolic OH excluding ortho intramolecular Hbond substituents is 1. The van der Waals surface area contributed by atoms with Crippen molar-refractivity contribution in [3.05, 3.63) is 76.9 Å². The molecule has 0 radical (unpaired) electrons. The van der Waals surface area contributed by atoms with Crippen LogP contribution in [-0.2, 0) is 10.2 Å². The first-order chi connectivity index (χ1) is 13.5. The highest BCUT2D eigenvalue weighted by molar-refractivity contribution is 6.04. The maximum absolute atomic E-state index is 12.2. The molecule has 0 saturated carbocycles. The Labute approximate surface area is 173 Å².